The number of amides is 1. The number of hydrogen-bond donors (Lipinski definition) is 1. The zero-order valence-electron chi connectivity index (χ0n) is 16.2. The summed E-state index contributed by atoms with van der Waals surface area (Å²) in [6, 6.07) is 12.3. The molecule has 1 aromatic heterocycles. The highest BCUT2D eigenvalue weighted by Crippen LogP contribution is 2.20. The largest absolute Gasteiger partial charge is 0.342 e. The summed E-state index contributed by atoms with van der Waals surface area (Å²) in [5.74, 6) is -0.543. The normalized spacial score (nSPS) is 10.7. The van der Waals surface area contributed by atoms with Gasteiger partial charge in [-0.2, -0.15) is 5.10 Å². The lowest BCUT2D eigenvalue weighted by atomic mass is 10.1. The summed E-state index contributed by atoms with van der Waals surface area (Å²) in [7, 11) is 1.68. The van der Waals surface area contributed by atoms with Crippen LogP contribution in [-0.4, -0.2) is 39.5 Å². The number of rotatable bonds is 7. The van der Waals surface area contributed by atoms with Crippen LogP contribution < -0.4 is 0 Å². The molecular weight excluding hydrogens is 375 g/mol. The quantitative estimate of drug-likeness (QED) is 0.480. The van der Waals surface area contributed by atoms with Crippen molar-refractivity contribution in [2.75, 3.05) is 13.6 Å². The molecular formula is C21H21FN4O3. The second-order valence-corrected chi connectivity index (χ2v) is 6.87. The summed E-state index contributed by atoms with van der Waals surface area (Å²) in [6.45, 7) is 2.25. The number of non-ortho nitro benzene ring substituents is 1. The molecule has 7 nitrogen and oxygen atoms in total. The number of aromatic amines is 1. The number of nitrogens with zero attached hydrogens (tertiary/aromatic N) is 3. The van der Waals surface area contributed by atoms with Gasteiger partial charge in [-0.15, -0.1) is 0 Å². The van der Waals surface area contributed by atoms with Gasteiger partial charge < -0.3 is 4.90 Å². The Balaban J connectivity index is 1.58. The maximum atomic E-state index is 13.0. The van der Waals surface area contributed by atoms with Gasteiger partial charge in [0.15, 0.2) is 0 Å². The smallest absolute Gasteiger partial charge is 0.270 e. The summed E-state index contributed by atoms with van der Waals surface area (Å²) in [6.07, 6.45) is 1.38. The molecule has 0 bridgehead atoms. The van der Waals surface area contributed by atoms with Crippen LogP contribution in [0.25, 0.3) is 11.3 Å². The molecule has 0 saturated heterocycles. The highest BCUT2D eigenvalue weighted by molar-refractivity contribution is 5.96. The Morgan fingerprint density at radius 2 is 1.93 bits per heavy atom. The molecule has 0 spiro atoms. The summed E-state index contributed by atoms with van der Waals surface area (Å²) in [4.78, 5) is 24.7. The minimum Gasteiger partial charge on any atom is -0.342 e. The van der Waals surface area contributed by atoms with Gasteiger partial charge >= 0.3 is 0 Å². The van der Waals surface area contributed by atoms with E-state index < -0.39 is 4.92 Å². The summed E-state index contributed by atoms with van der Waals surface area (Å²) >= 11 is 0. The molecule has 1 heterocycles. The van der Waals surface area contributed by atoms with E-state index in [9.17, 15) is 19.3 Å². The zero-order valence-corrected chi connectivity index (χ0v) is 16.2. The fourth-order valence-corrected chi connectivity index (χ4v) is 3.03. The number of hydrogen-bond acceptors (Lipinski definition) is 4. The van der Waals surface area contributed by atoms with Gasteiger partial charge in [0.1, 0.15) is 5.82 Å². The first-order valence-electron chi connectivity index (χ1n) is 9.16. The molecule has 29 heavy (non-hydrogen) atoms. The molecule has 3 aromatic rings. The number of carbonyl (C=O) groups is 1. The van der Waals surface area contributed by atoms with E-state index in [-0.39, 0.29) is 17.4 Å². The summed E-state index contributed by atoms with van der Waals surface area (Å²) < 4.78 is 13.0. The van der Waals surface area contributed by atoms with Crippen LogP contribution in [0.15, 0.2) is 48.5 Å². The van der Waals surface area contributed by atoms with Crippen LogP contribution in [0.5, 0.6) is 0 Å². The molecule has 0 atom stereocenters. The predicted octanol–water partition coefficient (Wildman–Crippen LogP) is 4.14. The summed E-state index contributed by atoms with van der Waals surface area (Å²) in [5, 5.41) is 18.2. The zero-order chi connectivity index (χ0) is 21.0. The topological polar surface area (TPSA) is 92.1 Å². The van der Waals surface area contributed by atoms with Gasteiger partial charge in [0.2, 0.25) is 0 Å². The van der Waals surface area contributed by atoms with Crippen LogP contribution in [0.4, 0.5) is 10.1 Å². The number of aryl methyl sites for hydroxylation is 2. The van der Waals surface area contributed by atoms with E-state index in [0.717, 1.165) is 17.0 Å². The van der Waals surface area contributed by atoms with Crippen LogP contribution in [0.1, 0.15) is 28.0 Å². The second-order valence-electron chi connectivity index (χ2n) is 6.87. The number of benzene rings is 2. The number of H-pyrrole nitrogens is 1. The molecule has 0 fully saturated rings. The van der Waals surface area contributed by atoms with Crippen molar-refractivity contribution in [3.63, 3.8) is 0 Å². The molecule has 0 aliphatic heterocycles. The van der Waals surface area contributed by atoms with Gasteiger partial charge in [-0.25, -0.2) is 4.39 Å². The lowest BCUT2D eigenvalue weighted by Gasteiger charge is -2.18. The maximum Gasteiger partial charge on any atom is 0.270 e. The Kier molecular flexibility index (Phi) is 6.01. The van der Waals surface area contributed by atoms with Crippen LogP contribution in [0.3, 0.4) is 0 Å². The molecule has 8 heteroatoms. The molecule has 0 aliphatic carbocycles. The number of halogens is 1. The molecule has 1 amide bonds. The van der Waals surface area contributed by atoms with Crippen molar-refractivity contribution in [1.29, 1.82) is 0 Å². The van der Waals surface area contributed by atoms with Crippen molar-refractivity contribution in [3.05, 3.63) is 81.3 Å². The molecule has 150 valence electrons. The first kappa shape index (κ1) is 20.2. The Bertz CT molecular complexity index is 1030. The number of carbonyl (C=O) groups excluding carboxylic acids is 1. The van der Waals surface area contributed by atoms with Crippen molar-refractivity contribution in [2.24, 2.45) is 0 Å². The molecule has 1 N–H and O–H groups in total. The first-order chi connectivity index (χ1) is 13.8. The molecule has 0 aliphatic rings. The Hall–Kier alpha value is -3.55. The van der Waals surface area contributed by atoms with Crippen molar-refractivity contribution in [1.82, 2.24) is 15.1 Å². The number of aromatic nitrogens is 2. The van der Waals surface area contributed by atoms with E-state index in [1.807, 2.05) is 6.07 Å². The van der Waals surface area contributed by atoms with Crippen molar-refractivity contribution in [3.8, 4) is 11.3 Å². The van der Waals surface area contributed by atoms with E-state index in [2.05, 4.69) is 10.2 Å². The Labute approximate surface area is 167 Å². The molecule has 0 radical (unpaired) electrons. The lowest BCUT2D eigenvalue weighted by Crippen LogP contribution is -2.28. The third kappa shape index (κ3) is 4.84. The number of nitrogens with one attached hydrogen (secondary N) is 1. The van der Waals surface area contributed by atoms with Gasteiger partial charge in [0.25, 0.3) is 11.6 Å². The highest BCUT2D eigenvalue weighted by atomic mass is 19.1. The van der Waals surface area contributed by atoms with Crippen molar-refractivity contribution >= 4 is 11.6 Å². The maximum absolute atomic E-state index is 13.0. The van der Waals surface area contributed by atoms with E-state index >= 15 is 0 Å². The lowest BCUT2D eigenvalue weighted by molar-refractivity contribution is -0.384. The number of nitro benzene ring substituents is 1. The molecule has 0 saturated carbocycles. The third-order valence-corrected chi connectivity index (χ3v) is 4.72. The van der Waals surface area contributed by atoms with E-state index in [4.69, 9.17) is 0 Å². The van der Waals surface area contributed by atoms with Crippen LogP contribution >= 0.6 is 0 Å². The van der Waals surface area contributed by atoms with Gasteiger partial charge in [0.05, 0.1) is 10.6 Å². The number of nitro groups is 1. The highest BCUT2D eigenvalue weighted by Gasteiger charge is 2.18. The van der Waals surface area contributed by atoms with Gasteiger partial charge in [-0.1, -0.05) is 6.07 Å². The van der Waals surface area contributed by atoms with Gasteiger partial charge in [0, 0.05) is 42.5 Å². The standard InChI is InChI=1S/C21H21FN4O3/c1-14-5-10-18(26(28)29)13-19(14)21(27)25(2)11-3-4-17-12-20(24-23-17)15-6-8-16(22)9-7-15/h5-10,12-13H,3-4,11H2,1-2H3,(H,23,24). The molecule has 2 aromatic carbocycles. The fourth-order valence-electron chi connectivity index (χ4n) is 3.03. The summed E-state index contributed by atoms with van der Waals surface area (Å²) in [5.41, 5.74) is 3.40. The first-order valence-corrected chi connectivity index (χ1v) is 9.16. The molecule has 3 rings (SSSR count). The molecule has 0 unspecified atom stereocenters. The van der Waals surface area contributed by atoms with Crippen LogP contribution in [0.2, 0.25) is 0 Å². The second kappa shape index (κ2) is 8.64. The predicted molar refractivity (Wildman–Crippen MR) is 107 cm³/mol. The average molecular weight is 396 g/mol. The van der Waals surface area contributed by atoms with E-state index in [1.54, 1.807) is 37.1 Å². The van der Waals surface area contributed by atoms with Crippen LogP contribution in [0, 0.1) is 22.9 Å². The van der Waals surface area contributed by atoms with Crippen LogP contribution in [-0.2, 0) is 6.42 Å². The monoisotopic (exact) mass is 396 g/mol. The van der Waals surface area contributed by atoms with E-state index in [0.29, 0.717) is 30.5 Å². The third-order valence-electron chi connectivity index (χ3n) is 4.72. The van der Waals surface area contributed by atoms with Gasteiger partial charge in [-0.05, 0) is 55.7 Å². The van der Waals surface area contributed by atoms with Crippen molar-refractivity contribution in [2.45, 2.75) is 19.8 Å². The van der Waals surface area contributed by atoms with Crippen molar-refractivity contribution < 1.29 is 14.1 Å². The Morgan fingerprint density at radius 1 is 1.21 bits per heavy atom. The SMILES string of the molecule is Cc1ccc([N+](=O)[O-])cc1C(=O)N(C)CCCc1cc(-c2ccc(F)cc2)n[nH]1. The fraction of sp³-hybridized carbons (Fsp3) is 0.238. The average Bonchev–Trinajstić information content (AvgIpc) is 3.17. The van der Waals surface area contributed by atoms with E-state index in [1.165, 1.54) is 24.3 Å². The minimum absolute atomic E-state index is 0.0990. The van der Waals surface area contributed by atoms with Gasteiger partial charge in [-0.3, -0.25) is 20.0 Å². The Morgan fingerprint density at radius 3 is 2.62 bits per heavy atom. The minimum atomic E-state index is -0.507.